The highest BCUT2D eigenvalue weighted by Crippen LogP contribution is 2.55. The fourth-order valence-electron chi connectivity index (χ4n) is 5.44. The molecule has 2 N–H and O–H groups in total. The van der Waals surface area contributed by atoms with Crippen LogP contribution in [-0.2, 0) is 22.1 Å². The van der Waals surface area contributed by atoms with Gasteiger partial charge in [-0.2, -0.15) is 31.4 Å². The molecule has 0 spiro atoms. The van der Waals surface area contributed by atoms with Gasteiger partial charge in [0.1, 0.15) is 6.33 Å². The summed E-state index contributed by atoms with van der Waals surface area (Å²) in [6.45, 7) is 1.70. The summed E-state index contributed by atoms with van der Waals surface area (Å²) in [5.74, 6) is -0.321. The van der Waals surface area contributed by atoms with E-state index in [-0.39, 0.29) is 34.9 Å². The SMILES string of the molecule is CC(NS(=O)(=O)c1ncn[nH]1)[C@@H]1CC[C@H]2c3ccc(C(F)(C(F)(F)F)C(F)(F)F)cc3CC[C@H]21. The van der Waals surface area contributed by atoms with E-state index >= 15 is 0 Å². The van der Waals surface area contributed by atoms with Crippen molar-refractivity contribution in [2.75, 3.05) is 0 Å². The number of alkyl halides is 7. The highest BCUT2D eigenvalue weighted by atomic mass is 32.2. The lowest BCUT2D eigenvalue weighted by Crippen LogP contribution is -2.50. The number of aryl methyl sites for hydroxylation is 1. The van der Waals surface area contributed by atoms with E-state index in [1.165, 1.54) is 0 Å². The Kier molecular flexibility index (Phi) is 5.99. The van der Waals surface area contributed by atoms with Crippen LogP contribution in [0.4, 0.5) is 30.7 Å². The molecule has 1 aromatic heterocycles. The van der Waals surface area contributed by atoms with Crippen molar-refractivity contribution >= 4 is 10.0 Å². The second-order valence-corrected chi connectivity index (χ2v) is 10.4. The van der Waals surface area contributed by atoms with E-state index < -0.39 is 39.6 Å². The first-order valence-electron chi connectivity index (χ1n) is 10.5. The van der Waals surface area contributed by atoms with E-state index in [1.807, 2.05) is 0 Å². The van der Waals surface area contributed by atoms with Crippen LogP contribution in [-0.4, -0.2) is 42.0 Å². The Hall–Kier alpha value is -2.22. The van der Waals surface area contributed by atoms with Gasteiger partial charge in [-0.05, 0) is 61.5 Å². The van der Waals surface area contributed by atoms with Gasteiger partial charge in [-0.3, -0.25) is 0 Å². The summed E-state index contributed by atoms with van der Waals surface area (Å²) in [5.41, 5.74) is -6.10. The van der Waals surface area contributed by atoms with E-state index in [9.17, 15) is 39.2 Å². The summed E-state index contributed by atoms with van der Waals surface area (Å²) in [7, 11) is -3.94. The fraction of sp³-hybridized carbons (Fsp3) is 0.600. The Labute approximate surface area is 190 Å². The quantitative estimate of drug-likeness (QED) is 0.575. The van der Waals surface area contributed by atoms with Crippen LogP contribution < -0.4 is 4.72 Å². The smallest absolute Gasteiger partial charge is 0.249 e. The zero-order valence-electron chi connectivity index (χ0n) is 17.7. The summed E-state index contributed by atoms with van der Waals surface area (Å²) < 4.78 is 121. The van der Waals surface area contributed by atoms with Crippen LogP contribution >= 0.6 is 0 Å². The van der Waals surface area contributed by atoms with Crippen molar-refractivity contribution in [3.05, 3.63) is 41.2 Å². The second-order valence-electron chi connectivity index (χ2n) is 8.82. The molecule has 0 aliphatic heterocycles. The largest absolute Gasteiger partial charge is 0.435 e. The molecule has 0 bridgehead atoms. The Morgan fingerprint density at radius 2 is 1.74 bits per heavy atom. The molecule has 1 aromatic carbocycles. The molecule has 2 aliphatic rings. The molecule has 1 fully saturated rings. The summed E-state index contributed by atoms with van der Waals surface area (Å²) in [5, 5.41) is 5.46. The maximum absolute atomic E-state index is 14.5. The van der Waals surface area contributed by atoms with Crippen LogP contribution in [0.25, 0.3) is 0 Å². The number of aromatic nitrogens is 3. The molecular formula is C20H21F7N4O2S. The van der Waals surface area contributed by atoms with Crippen LogP contribution in [0.2, 0.25) is 0 Å². The van der Waals surface area contributed by atoms with Crippen LogP contribution in [0.5, 0.6) is 0 Å². The third kappa shape index (κ3) is 3.97. The zero-order valence-corrected chi connectivity index (χ0v) is 18.5. The number of sulfonamides is 1. The Morgan fingerprint density at radius 3 is 2.32 bits per heavy atom. The Bertz CT molecular complexity index is 1130. The molecule has 34 heavy (non-hydrogen) atoms. The van der Waals surface area contributed by atoms with Gasteiger partial charge in [-0.15, -0.1) is 0 Å². The van der Waals surface area contributed by atoms with Crippen molar-refractivity contribution < 1.29 is 39.2 Å². The topological polar surface area (TPSA) is 87.7 Å². The predicted octanol–water partition coefficient (Wildman–Crippen LogP) is 4.52. The molecule has 1 unspecified atom stereocenters. The molecule has 188 valence electrons. The summed E-state index contributed by atoms with van der Waals surface area (Å²) in [6, 6.07) is 1.89. The minimum absolute atomic E-state index is 0.0360. The molecule has 4 atom stereocenters. The lowest BCUT2D eigenvalue weighted by molar-refractivity contribution is -0.348. The third-order valence-electron chi connectivity index (χ3n) is 6.98. The predicted molar refractivity (Wildman–Crippen MR) is 105 cm³/mol. The van der Waals surface area contributed by atoms with Crippen molar-refractivity contribution in [2.24, 2.45) is 11.8 Å². The van der Waals surface area contributed by atoms with E-state index in [4.69, 9.17) is 0 Å². The minimum Gasteiger partial charge on any atom is -0.249 e. The van der Waals surface area contributed by atoms with Crippen LogP contribution in [0.1, 0.15) is 48.8 Å². The minimum atomic E-state index is -6.16. The first kappa shape index (κ1) is 24.9. The summed E-state index contributed by atoms with van der Waals surface area (Å²) in [4.78, 5) is 3.63. The van der Waals surface area contributed by atoms with E-state index in [0.717, 1.165) is 12.4 Å². The van der Waals surface area contributed by atoms with E-state index in [1.54, 1.807) is 6.92 Å². The van der Waals surface area contributed by atoms with Gasteiger partial charge in [0.15, 0.2) is 0 Å². The number of nitrogens with zero attached hydrogens (tertiary/aromatic N) is 2. The molecule has 0 saturated heterocycles. The fourth-order valence-corrected chi connectivity index (χ4v) is 6.58. The molecule has 2 aliphatic carbocycles. The lowest BCUT2D eigenvalue weighted by Gasteiger charge is -2.35. The number of aromatic amines is 1. The number of nitrogens with one attached hydrogen (secondary N) is 2. The molecule has 0 amide bonds. The lowest BCUT2D eigenvalue weighted by atomic mass is 9.72. The average molecular weight is 514 g/mol. The monoisotopic (exact) mass is 514 g/mol. The van der Waals surface area contributed by atoms with Crippen LogP contribution in [0.15, 0.2) is 29.7 Å². The van der Waals surface area contributed by atoms with Gasteiger partial charge in [0, 0.05) is 11.6 Å². The third-order valence-corrected chi connectivity index (χ3v) is 8.36. The van der Waals surface area contributed by atoms with Crippen molar-refractivity contribution in [2.45, 2.75) is 67.7 Å². The molecule has 2 aromatic rings. The van der Waals surface area contributed by atoms with Gasteiger partial charge < -0.3 is 0 Å². The Balaban J connectivity index is 1.58. The number of fused-ring (bicyclic) bond motifs is 3. The standard InChI is InChI=1S/C20H21F7N4O2S/c1-10(31-34(32,33)17-28-9-29-30-17)13-6-7-16-14-5-3-12(8-11(14)2-4-15(13)16)18(21,19(22,23)24)20(25,26)27/h3,5,8-10,13,15-16,31H,2,4,6-7H2,1H3,(H,28,29,30)/t10?,13-,15-,16-/m0/s1. The number of rotatable bonds is 5. The van der Waals surface area contributed by atoms with Gasteiger partial charge in [0.2, 0.25) is 0 Å². The molecular weight excluding hydrogens is 493 g/mol. The van der Waals surface area contributed by atoms with Crippen LogP contribution in [0.3, 0.4) is 0 Å². The van der Waals surface area contributed by atoms with Crippen molar-refractivity contribution in [3.63, 3.8) is 0 Å². The normalized spacial score (nSPS) is 24.5. The summed E-state index contributed by atoms with van der Waals surface area (Å²) >= 11 is 0. The first-order valence-corrected chi connectivity index (χ1v) is 12.0. The highest BCUT2D eigenvalue weighted by molar-refractivity contribution is 7.89. The van der Waals surface area contributed by atoms with Crippen molar-refractivity contribution in [3.8, 4) is 0 Å². The number of halogens is 7. The first-order chi connectivity index (χ1) is 15.7. The molecule has 14 heteroatoms. The van der Waals surface area contributed by atoms with Crippen molar-refractivity contribution in [1.82, 2.24) is 19.9 Å². The number of H-pyrrole nitrogens is 1. The summed E-state index contributed by atoms with van der Waals surface area (Å²) in [6.07, 6.45) is -9.49. The number of benzene rings is 1. The van der Waals surface area contributed by atoms with Gasteiger partial charge in [-0.1, -0.05) is 18.2 Å². The second kappa shape index (κ2) is 8.18. The van der Waals surface area contributed by atoms with Gasteiger partial charge in [-0.25, -0.2) is 27.6 Å². The molecule has 0 radical (unpaired) electrons. The molecule has 4 rings (SSSR count). The molecule has 1 saturated carbocycles. The zero-order chi connectivity index (χ0) is 25.1. The van der Waals surface area contributed by atoms with Gasteiger partial charge in [0.25, 0.3) is 15.2 Å². The molecule has 6 nitrogen and oxygen atoms in total. The maximum atomic E-state index is 14.5. The average Bonchev–Trinajstić information content (AvgIpc) is 3.41. The van der Waals surface area contributed by atoms with Crippen molar-refractivity contribution in [1.29, 1.82) is 0 Å². The van der Waals surface area contributed by atoms with E-state index in [2.05, 4.69) is 19.9 Å². The number of hydrogen-bond donors (Lipinski definition) is 2. The molecule has 1 heterocycles. The highest BCUT2D eigenvalue weighted by Gasteiger charge is 2.73. The van der Waals surface area contributed by atoms with Gasteiger partial charge in [0.05, 0.1) is 0 Å². The van der Waals surface area contributed by atoms with Gasteiger partial charge >= 0.3 is 18.0 Å². The Morgan fingerprint density at radius 1 is 1.06 bits per heavy atom. The van der Waals surface area contributed by atoms with Crippen LogP contribution in [0, 0.1) is 11.8 Å². The van der Waals surface area contributed by atoms with E-state index in [0.29, 0.717) is 37.0 Å². The maximum Gasteiger partial charge on any atom is 0.435 e. The number of hydrogen-bond acceptors (Lipinski definition) is 4.